The zero-order valence-electron chi connectivity index (χ0n) is 11.8. The van der Waals surface area contributed by atoms with E-state index in [4.69, 9.17) is 4.74 Å². The summed E-state index contributed by atoms with van der Waals surface area (Å²) in [5, 5.41) is 9.20. The molecule has 1 N–H and O–H groups in total. The maximum absolute atomic E-state index is 12.5. The summed E-state index contributed by atoms with van der Waals surface area (Å²) in [5.41, 5.74) is 0.0830. The number of nitrogens with zero attached hydrogens (tertiary/aromatic N) is 1. The van der Waals surface area contributed by atoms with Gasteiger partial charge in [-0.25, -0.2) is 4.79 Å². The molecular formula is C14H18BrNO4S. The zero-order chi connectivity index (χ0) is 15.4. The van der Waals surface area contributed by atoms with Gasteiger partial charge in [0.2, 0.25) is 0 Å². The van der Waals surface area contributed by atoms with Gasteiger partial charge in [0.1, 0.15) is 0 Å². The summed E-state index contributed by atoms with van der Waals surface area (Å²) in [6, 6.07) is 4.72. The Morgan fingerprint density at radius 2 is 2.33 bits per heavy atom. The second kappa shape index (κ2) is 7.49. The Bertz CT molecular complexity index is 552. The van der Waals surface area contributed by atoms with Gasteiger partial charge in [0.15, 0.2) is 0 Å². The topological polar surface area (TPSA) is 66.8 Å². The minimum Gasteiger partial charge on any atom is -0.478 e. The fourth-order valence-electron chi connectivity index (χ4n) is 2.29. The van der Waals surface area contributed by atoms with Crippen LogP contribution in [-0.2, 0) is 15.5 Å². The van der Waals surface area contributed by atoms with Crippen molar-refractivity contribution in [3.8, 4) is 0 Å². The van der Waals surface area contributed by atoms with Gasteiger partial charge in [-0.15, -0.1) is 0 Å². The molecule has 7 heteroatoms. The Morgan fingerprint density at radius 1 is 1.57 bits per heavy atom. The van der Waals surface area contributed by atoms with Crippen LogP contribution in [0.25, 0.3) is 0 Å². The number of carboxylic acid groups (broad SMARTS) is 1. The van der Waals surface area contributed by atoms with Gasteiger partial charge in [-0.05, 0) is 24.7 Å². The van der Waals surface area contributed by atoms with Crippen molar-refractivity contribution < 1.29 is 18.8 Å². The van der Waals surface area contributed by atoms with Gasteiger partial charge in [-0.3, -0.25) is 9.11 Å². The van der Waals surface area contributed by atoms with Crippen LogP contribution in [0.1, 0.15) is 17.3 Å². The third kappa shape index (κ3) is 4.35. The molecule has 0 aliphatic carbocycles. The molecule has 1 aliphatic heterocycles. The third-order valence-electron chi connectivity index (χ3n) is 3.43. The van der Waals surface area contributed by atoms with Gasteiger partial charge in [0.05, 0.1) is 39.7 Å². The van der Waals surface area contributed by atoms with E-state index in [0.29, 0.717) is 17.3 Å². The van der Waals surface area contributed by atoms with Crippen LogP contribution >= 0.6 is 15.9 Å². The summed E-state index contributed by atoms with van der Waals surface area (Å²) in [6.07, 6.45) is -0.125. The van der Waals surface area contributed by atoms with E-state index < -0.39 is 16.8 Å². The minimum atomic E-state index is -1.40. The first kappa shape index (κ1) is 16.6. The van der Waals surface area contributed by atoms with Gasteiger partial charge < -0.3 is 9.84 Å². The second-order valence-electron chi connectivity index (χ2n) is 4.84. The van der Waals surface area contributed by atoms with Gasteiger partial charge in [0.25, 0.3) is 0 Å². The van der Waals surface area contributed by atoms with Gasteiger partial charge >= 0.3 is 5.97 Å². The molecule has 1 saturated heterocycles. The summed E-state index contributed by atoms with van der Waals surface area (Å²) in [6.45, 7) is 5.26. The Balaban J connectivity index is 2.13. The van der Waals surface area contributed by atoms with Crippen molar-refractivity contribution in [2.24, 2.45) is 0 Å². The van der Waals surface area contributed by atoms with Crippen LogP contribution in [0.15, 0.2) is 27.6 Å². The highest BCUT2D eigenvalue weighted by Gasteiger charge is 2.24. The summed E-state index contributed by atoms with van der Waals surface area (Å²) in [5.74, 6) is -0.752. The molecule has 0 spiro atoms. The monoisotopic (exact) mass is 375 g/mol. The first-order valence-electron chi connectivity index (χ1n) is 6.76. The number of benzene rings is 1. The summed E-state index contributed by atoms with van der Waals surface area (Å²) in [7, 11) is -1.40. The lowest BCUT2D eigenvalue weighted by Crippen LogP contribution is -2.44. The smallest absolute Gasteiger partial charge is 0.336 e. The first-order chi connectivity index (χ1) is 10.0. The number of hydrogen-bond acceptors (Lipinski definition) is 4. The Morgan fingerprint density at radius 3 is 3.00 bits per heavy atom. The molecule has 2 unspecified atom stereocenters. The molecule has 1 heterocycles. The molecule has 2 atom stereocenters. The molecular weight excluding hydrogens is 358 g/mol. The number of ether oxygens (including phenoxy) is 1. The molecule has 0 amide bonds. The quantitative estimate of drug-likeness (QED) is 0.851. The van der Waals surface area contributed by atoms with Crippen LogP contribution in [0.4, 0.5) is 0 Å². The lowest BCUT2D eigenvalue weighted by Gasteiger charge is -2.31. The predicted molar refractivity (Wildman–Crippen MR) is 84.2 cm³/mol. The SMILES string of the molecule is CCN1CCOC(CS(=O)c2cc(Br)ccc2C(=O)O)C1. The molecule has 1 aromatic carbocycles. The molecule has 0 radical (unpaired) electrons. The minimum absolute atomic E-state index is 0.0830. The van der Waals surface area contributed by atoms with E-state index in [1.54, 1.807) is 12.1 Å². The van der Waals surface area contributed by atoms with E-state index >= 15 is 0 Å². The molecule has 1 aliphatic rings. The number of carboxylic acids is 1. The van der Waals surface area contributed by atoms with Gasteiger partial charge in [-0.2, -0.15) is 0 Å². The lowest BCUT2D eigenvalue weighted by molar-refractivity contribution is -0.0141. The highest BCUT2D eigenvalue weighted by atomic mass is 79.9. The van der Waals surface area contributed by atoms with E-state index in [-0.39, 0.29) is 11.7 Å². The van der Waals surface area contributed by atoms with E-state index in [9.17, 15) is 14.1 Å². The number of hydrogen-bond donors (Lipinski definition) is 1. The Kier molecular flexibility index (Phi) is 5.92. The average Bonchev–Trinajstić information content (AvgIpc) is 2.47. The van der Waals surface area contributed by atoms with Crippen molar-refractivity contribution in [1.29, 1.82) is 0 Å². The van der Waals surface area contributed by atoms with E-state index in [1.807, 2.05) is 0 Å². The molecule has 0 bridgehead atoms. The number of halogens is 1. The third-order valence-corrected chi connectivity index (χ3v) is 5.42. The number of aromatic carboxylic acids is 1. The van der Waals surface area contributed by atoms with Crippen LogP contribution in [0.5, 0.6) is 0 Å². The van der Waals surface area contributed by atoms with Crippen molar-refractivity contribution >= 4 is 32.7 Å². The van der Waals surface area contributed by atoms with Crippen molar-refractivity contribution in [1.82, 2.24) is 4.90 Å². The molecule has 5 nitrogen and oxygen atoms in total. The van der Waals surface area contributed by atoms with Crippen LogP contribution in [0, 0.1) is 0 Å². The maximum atomic E-state index is 12.5. The highest BCUT2D eigenvalue weighted by Crippen LogP contribution is 2.21. The lowest BCUT2D eigenvalue weighted by atomic mass is 10.2. The van der Waals surface area contributed by atoms with Crippen LogP contribution < -0.4 is 0 Å². The summed E-state index contributed by atoms with van der Waals surface area (Å²) < 4.78 is 18.9. The number of likely N-dealkylation sites (N-methyl/N-ethyl adjacent to an activating group) is 1. The Hall–Kier alpha value is -0.760. The van der Waals surface area contributed by atoms with E-state index in [0.717, 1.165) is 24.1 Å². The normalized spacial score (nSPS) is 21.1. The summed E-state index contributed by atoms with van der Waals surface area (Å²) >= 11 is 3.29. The van der Waals surface area contributed by atoms with Crippen LogP contribution in [0.2, 0.25) is 0 Å². The number of rotatable bonds is 5. The summed E-state index contributed by atoms with van der Waals surface area (Å²) in [4.78, 5) is 13.8. The van der Waals surface area contributed by atoms with E-state index in [2.05, 4.69) is 27.8 Å². The molecule has 21 heavy (non-hydrogen) atoms. The largest absolute Gasteiger partial charge is 0.478 e. The average molecular weight is 376 g/mol. The highest BCUT2D eigenvalue weighted by molar-refractivity contribution is 9.10. The van der Waals surface area contributed by atoms with Crippen LogP contribution in [0.3, 0.4) is 0 Å². The van der Waals surface area contributed by atoms with Crippen molar-refractivity contribution in [2.75, 3.05) is 32.0 Å². The fraction of sp³-hybridized carbons (Fsp3) is 0.500. The van der Waals surface area contributed by atoms with Crippen molar-refractivity contribution in [3.63, 3.8) is 0 Å². The number of carbonyl (C=O) groups is 1. The standard InChI is InChI=1S/C14H18BrNO4S/c1-2-16-5-6-20-11(8-16)9-21(19)13-7-10(15)3-4-12(13)14(17)18/h3-4,7,11H,2,5-6,8-9H2,1H3,(H,17,18). The fourth-order valence-corrected chi connectivity index (χ4v) is 4.18. The predicted octanol–water partition coefficient (Wildman–Crippen LogP) is 1.98. The molecule has 0 aromatic heterocycles. The molecule has 2 rings (SSSR count). The van der Waals surface area contributed by atoms with Crippen LogP contribution in [-0.4, -0.2) is 58.3 Å². The van der Waals surface area contributed by atoms with E-state index in [1.165, 1.54) is 6.07 Å². The van der Waals surface area contributed by atoms with Gasteiger partial charge in [-0.1, -0.05) is 22.9 Å². The molecule has 1 fully saturated rings. The van der Waals surface area contributed by atoms with Crippen molar-refractivity contribution in [2.45, 2.75) is 17.9 Å². The molecule has 1 aromatic rings. The first-order valence-corrected chi connectivity index (χ1v) is 8.87. The Labute approximate surface area is 134 Å². The molecule has 0 saturated carbocycles. The molecule has 116 valence electrons. The number of morpholine rings is 1. The van der Waals surface area contributed by atoms with Gasteiger partial charge in [0, 0.05) is 17.6 Å². The second-order valence-corrected chi connectivity index (χ2v) is 7.22. The van der Waals surface area contributed by atoms with Crippen molar-refractivity contribution in [3.05, 3.63) is 28.2 Å². The maximum Gasteiger partial charge on any atom is 0.336 e. The zero-order valence-corrected chi connectivity index (χ0v) is 14.2.